The van der Waals surface area contributed by atoms with Gasteiger partial charge >= 0.3 is 11.7 Å². The molecule has 0 aliphatic rings. The number of nitrogens with zero attached hydrogens (tertiary/aromatic N) is 5. The van der Waals surface area contributed by atoms with Crippen molar-refractivity contribution in [1.82, 2.24) is 24.5 Å². The number of nitrogens with two attached hydrogens (primary N) is 1. The number of carboxylic acid groups (broad SMARTS) is 1. The van der Waals surface area contributed by atoms with Crippen LogP contribution in [0.4, 0.5) is 5.82 Å². The summed E-state index contributed by atoms with van der Waals surface area (Å²) >= 11 is 0. The molecule has 0 unspecified atom stereocenters. The van der Waals surface area contributed by atoms with E-state index in [2.05, 4.69) is 15.3 Å². The number of aryl methyl sites for hydroxylation is 2. The molecule has 3 rings (SSSR count). The van der Waals surface area contributed by atoms with Crippen molar-refractivity contribution in [3.8, 4) is 0 Å². The van der Waals surface area contributed by atoms with Crippen molar-refractivity contribution in [2.75, 3.05) is 5.73 Å². The van der Waals surface area contributed by atoms with Crippen molar-refractivity contribution in [2.45, 2.75) is 32.4 Å². The van der Waals surface area contributed by atoms with E-state index in [-0.39, 0.29) is 5.82 Å². The van der Waals surface area contributed by atoms with E-state index in [1.54, 1.807) is 29.1 Å². The zero-order chi connectivity index (χ0) is 19.2. The number of unbranched alkanes of at least 4 members (excludes halogenated alkanes) is 1. The highest BCUT2D eigenvalue weighted by Gasteiger charge is 2.05. The van der Waals surface area contributed by atoms with Gasteiger partial charge in [0.15, 0.2) is 0 Å². The molecule has 3 aromatic rings. The van der Waals surface area contributed by atoms with Crippen molar-refractivity contribution >= 4 is 11.8 Å². The molecule has 0 aliphatic carbocycles. The Labute approximate surface area is 155 Å². The van der Waals surface area contributed by atoms with Crippen molar-refractivity contribution in [3.05, 3.63) is 70.0 Å². The fraction of sp³-hybridized carbons (Fsp3) is 0.278. The summed E-state index contributed by atoms with van der Waals surface area (Å²) < 4.78 is 3.17. The Morgan fingerprint density at radius 3 is 2.63 bits per heavy atom. The van der Waals surface area contributed by atoms with E-state index >= 15 is 0 Å². The lowest BCUT2D eigenvalue weighted by atomic mass is 10.1. The summed E-state index contributed by atoms with van der Waals surface area (Å²) in [6.07, 6.45) is 6.12. The average Bonchev–Trinajstić information content (AvgIpc) is 3.09. The van der Waals surface area contributed by atoms with E-state index in [1.165, 1.54) is 4.57 Å². The number of carbonyl (C=O) groups is 1. The summed E-state index contributed by atoms with van der Waals surface area (Å²) in [6.45, 7) is 1.01. The summed E-state index contributed by atoms with van der Waals surface area (Å²) in [6, 6.07) is 8.49. The van der Waals surface area contributed by atoms with Gasteiger partial charge in [-0.05, 0) is 43.0 Å². The van der Waals surface area contributed by atoms with Crippen molar-refractivity contribution in [2.24, 2.45) is 0 Å². The van der Waals surface area contributed by atoms with E-state index in [9.17, 15) is 9.59 Å². The van der Waals surface area contributed by atoms with Gasteiger partial charge in [0.25, 0.3) is 0 Å². The van der Waals surface area contributed by atoms with Crippen molar-refractivity contribution < 1.29 is 9.90 Å². The number of aromatic nitrogens is 5. The third-order valence-electron chi connectivity index (χ3n) is 4.12. The molecule has 0 amide bonds. The summed E-state index contributed by atoms with van der Waals surface area (Å²) in [5.74, 6) is -0.724. The first-order valence-corrected chi connectivity index (χ1v) is 8.55. The second kappa shape index (κ2) is 8.26. The van der Waals surface area contributed by atoms with Crippen molar-refractivity contribution in [1.29, 1.82) is 0 Å². The van der Waals surface area contributed by atoms with Gasteiger partial charge in [-0.3, -0.25) is 9.25 Å². The largest absolute Gasteiger partial charge is 0.478 e. The van der Waals surface area contributed by atoms with Gasteiger partial charge in [-0.25, -0.2) is 9.59 Å². The number of anilines is 1. The number of rotatable bonds is 8. The van der Waals surface area contributed by atoms with Crippen LogP contribution in [0.2, 0.25) is 0 Å². The molecule has 0 radical (unpaired) electrons. The third-order valence-corrected chi connectivity index (χ3v) is 4.12. The first-order chi connectivity index (χ1) is 13.0. The molecule has 1 aromatic carbocycles. The molecule has 140 valence electrons. The molecule has 2 heterocycles. The lowest BCUT2D eigenvalue weighted by Gasteiger charge is -2.03. The molecule has 9 nitrogen and oxygen atoms in total. The molecule has 0 spiro atoms. The first-order valence-electron chi connectivity index (χ1n) is 8.55. The van der Waals surface area contributed by atoms with Gasteiger partial charge in [-0.15, -0.1) is 5.10 Å². The Morgan fingerprint density at radius 1 is 1.15 bits per heavy atom. The maximum Gasteiger partial charge on any atom is 0.349 e. The summed E-state index contributed by atoms with van der Waals surface area (Å²) in [7, 11) is 0. The SMILES string of the molecule is Nc1ccn(Cc2cn(CCCCc3ccc(C(=O)O)cc3)nn2)c(=O)n1. The Kier molecular flexibility index (Phi) is 5.60. The maximum atomic E-state index is 11.7. The minimum absolute atomic E-state index is 0.192. The van der Waals surface area contributed by atoms with Crippen LogP contribution in [0.5, 0.6) is 0 Å². The number of aromatic carboxylic acids is 1. The van der Waals surface area contributed by atoms with E-state index in [4.69, 9.17) is 10.8 Å². The molecule has 0 bridgehead atoms. The molecular formula is C18H20N6O3. The van der Waals surface area contributed by atoms with Crippen molar-refractivity contribution in [3.63, 3.8) is 0 Å². The van der Waals surface area contributed by atoms with Crippen LogP contribution in [0, 0.1) is 0 Å². The van der Waals surface area contributed by atoms with Crippen LogP contribution in [-0.2, 0) is 19.5 Å². The first kappa shape index (κ1) is 18.3. The van der Waals surface area contributed by atoms with E-state index in [0.29, 0.717) is 17.8 Å². The Morgan fingerprint density at radius 2 is 1.93 bits per heavy atom. The zero-order valence-electron chi connectivity index (χ0n) is 14.7. The number of nitrogen functional groups attached to an aromatic ring is 1. The van der Waals surface area contributed by atoms with Crippen LogP contribution in [0.15, 0.2) is 47.5 Å². The summed E-state index contributed by atoms with van der Waals surface area (Å²) in [5.41, 5.74) is 7.13. The Balaban J connectivity index is 1.46. The van der Waals surface area contributed by atoms with E-state index < -0.39 is 11.7 Å². The topological polar surface area (TPSA) is 129 Å². The average molecular weight is 368 g/mol. The Bertz CT molecular complexity index is 977. The van der Waals surface area contributed by atoms with Crippen LogP contribution in [0.3, 0.4) is 0 Å². The minimum Gasteiger partial charge on any atom is -0.478 e. The number of hydrogen-bond donors (Lipinski definition) is 2. The summed E-state index contributed by atoms with van der Waals surface area (Å²) in [4.78, 5) is 26.3. The van der Waals surface area contributed by atoms with Crippen LogP contribution < -0.4 is 11.4 Å². The molecule has 0 aliphatic heterocycles. The maximum absolute atomic E-state index is 11.7. The molecule has 0 atom stereocenters. The predicted molar refractivity (Wildman–Crippen MR) is 98.4 cm³/mol. The number of benzene rings is 1. The lowest BCUT2D eigenvalue weighted by Crippen LogP contribution is -2.23. The van der Waals surface area contributed by atoms with Crippen LogP contribution in [-0.4, -0.2) is 35.6 Å². The third kappa shape index (κ3) is 5.00. The molecule has 0 fully saturated rings. The van der Waals surface area contributed by atoms with Gasteiger partial charge in [0.05, 0.1) is 18.3 Å². The number of hydrogen-bond acceptors (Lipinski definition) is 6. The van der Waals surface area contributed by atoms with Gasteiger partial charge in [0.2, 0.25) is 0 Å². The molecule has 9 heteroatoms. The highest BCUT2D eigenvalue weighted by molar-refractivity contribution is 5.87. The quantitative estimate of drug-likeness (QED) is 0.571. The normalized spacial score (nSPS) is 10.8. The zero-order valence-corrected chi connectivity index (χ0v) is 14.7. The highest BCUT2D eigenvalue weighted by Crippen LogP contribution is 2.09. The van der Waals surface area contributed by atoms with Gasteiger partial charge < -0.3 is 10.8 Å². The second-order valence-electron chi connectivity index (χ2n) is 6.20. The van der Waals surface area contributed by atoms with E-state index in [1.807, 2.05) is 18.3 Å². The van der Waals surface area contributed by atoms with Crippen LogP contribution in [0.1, 0.15) is 34.5 Å². The molecule has 0 saturated carbocycles. The van der Waals surface area contributed by atoms with Gasteiger partial charge in [0, 0.05) is 12.7 Å². The Hall–Kier alpha value is -3.49. The number of carboxylic acids is 1. The fourth-order valence-corrected chi connectivity index (χ4v) is 2.67. The fourth-order valence-electron chi connectivity index (χ4n) is 2.67. The molecular weight excluding hydrogens is 348 g/mol. The van der Waals surface area contributed by atoms with Gasteiger partial charge in [0.1, 0.15) is 11.5 Å². The summed E-state index contributed by atoms with van der Waals surface area (Å²) in [5, 5.41) is 17.0. The molecule has 2 aromatic heterocycles. The molecule has 3 N–H and O–H groups in total. The van der Waals surface area contributed by atoms with Gasteiger partial charge in [-0.2, -0.15) is 4.98 Å². The van der Waals surface area contributed by atoms with Crippen LogP contribution >= 0.6 is 0 Å². The highest BCUT2D eigenvalue weighted by atomic mass is 16.4. The second-order valence-corrected chi connectivity index (χ2v) is 6.20. The van der Waals surface area contributed by atoms with E-state index in [0.717, 1.165) is 31.4 Å². The van der Waals surface area contributed by atoms with Gasteiger partial charge in [-0.1, -0.05) is 17.3 Å². The molecule has 0 saturated heterocycles. The smallest absolute Gasteiger partial charge is 0.349 e. The predicted octanol–water partition coefficient (Wildman–Crippen LogP) is 1.19. The lowest BCUT2D eigenvalue weighted by molar-refractivity contribution is 0.0697. The monoisotopic (exact) mass is 368 g/mol. The molecule has 27 heavy (non-hydrogen) atoms. The van der Waals surface area contributed by atoms with Crippen LogP contribution in [0.25, 0.3) is 0 Å². The minimum atomic E-state index is -0.916. The standard InChI is InChI=1S/C18H20N6O3/c19-16-8-10-23(18(27)20-16)11-15-12-24(22-21-15)9-2-1-3-13-4-6-14(7-5-13)17(25)26/h4-8,10,12H,1-3,9,11H2,(H,25,26)(H2,19,20,27).